The fourth-order valence-corrected chi connectivity index (χ4v) is 1.28. The van der Waals surface area contributed by atoms with Crippen molar-refractivity contribution >= 4 is 24.2 Å². The van der Waals surface area contributed by atoms with Crippen molar-refractivity contribution < 1.29 is 0 Å². The summed E-state index contributed by atoms with van der Waals surface area (Å²) >= 11 is 10.0. The van der Waals surface area contributed by atoms with E-state index in [4.69, 9.17) is 11.6 Å². The number of halogens is 1. The van der Waals surface area contributed by atoms with Gasteiger partial charge in [0.15, 0.2) is 0 Å². The number of hydrogen-bond donors (Lipinski definition) is 1. The van der Waals surface area contributed by atoms with E-state index < -0.39 is 0 Å². The molecule has 0 fully saturated rings. The number of alkyl halides is 1. The third-order valence-corrected chi connectivity index (χ3v) is 2.67. The highest BCUT2D eigenvalue weighted by atomic mass is 35.5. The molecule has 68 valence electrons. The molecule has 0 aromatic rings. The van der Waals surface area contributed by atoms with E-state index in [2.05, 4.69) is 33.4 Å². The van der Waals surface area contributed by atoms with Gasteiger partial charge in [0.25, 0.3) is 0 Å². The molecule has 0 radical (unpaired) electrons. The summed E-state index contributed by atoms with van der Waals surface area (Å²) in [7, 11) is 0. The molecule has 0 aliphatic carbocycles. The quantitative estimate of drug-likeness (QED) is 0.512. The van der Waals surface area contributed by atoms with Crippen LogP contribution in [0.15, 0.2) is 0 Å². The third kappa shape index (κ3) is 8.55. The molecular formula is C9H19ClS. The van der Waals surface area contributed by atoms with E-state index >= 15 is 0 Å². The van der Waals surface area contributed by atoms with Crippen molar-refractivity contribution in [3.63, 3.8) is 0 Å². The summed E-state index contributed by atoms with van der Waals surface area (Å²) in [6.07, 6.45) is 3.57. The van der Waals surface area contributed by atoms with Gasteiger partial charge in [-0.3, -0.25) is 0 Å². The molecule has 0 heterocycles. The van der Waals surface area contributed by atoms with Crippen molar-refractivity contribution in [1.29, 1.82) is 0 Å². The molecule has 1 unspecified atom stereocenters. The van der Waals surface area contributed by atoms with Crippen LogP contribution in [0.1, 0.15) is 40.0 Å². The minimum Gasteiger partial charge on any atom is -0.178 e. The van der Waals surface area contributed by atoms with Crippen molar-refractivity contribution in [3.05, 3.63) is 0 Å². The molecule has 0 rings (SSSR count). The minimum atomic E-state index is 0.265. The van der Waals surface area contributed by atoms with Gasteiger partial charge < -0.3 is 0 Å². The topological polar surface area (TPSA) is 0 Å². The van der Waals surface area contributed by atoms with Crippen LogP contribution in [0.5, 0.6) is 0 Å². The molecule has 0 aliphatic heterocycles. The smallest absolute Gasteiger partial charge is 0.0424 e. The first-order valence-electron chi connectivity index (χ1n) is 4.20. The lowest BCUT2D eigenvalue weighted by Gasteiger charge is -2.18. The zero-order valence-electron chi connectivity index (χ0n) is 7.73. The molecule has 0 aliphatic rings. The second kappa shape index (κ2) is 5.31. The van der Waals surface area contributed by atoms with Gasteiger partial charge in [-0.1, -0.05) is 27.2 Å². The van der Waals surface area contributed by atoms with Crippen molar-refractivity contribution in [2.45, 2.75) is 45.4 Å². The molecule has 0 bridgehead atoms. The fourth-order valence-electron chi connectivity index (χ4n) is 0.945. The number of hydrogen-bond acceptors (Lipinski definition) is 1. The second-order valence-corrected chi connectivity index (χ2v) is 5.22. The van der Waals surface area contributed by atoms with Crippen LogP contribution in [-0.4, -0.2) is 11.1 Å². The first-order chi connectivity index (χ1) is 4.95. The zero-order chi connectivity index (χ0) is 8.91. The molecule has 0 aromatic heterocycles. The first-order valence-corrected chi connectivity index (χ1v) is 5.27. The van der Waals surface area contributed by atoms with Crippen LogP contribution in [0.2, 0.25) is 0 Å². The fraction of sp³-hybridized carbons (Fsp3) is 1.00. The lowest BCUT2D eigenvalue weighted by molar-refractivity contribution is 0.360. The van der Waals surface area contributed by atoms with E-state index in [0.717, 1.165) is 12.2 Å². The van der Waals surface area contributed by atoms with Crippen LogP contribution >= 0.6 is 24.2 Å². The van der Waals surface area contributed by atoms with Gasteiger partial charge in [-0.25, -0.2) is 0 Å². The van der Waals surface area contributed by atoms with Crippen LogP contribution < -0.4 is 0 Å². The Balaban J connectivity index is 3.28. The van der Waals surface area contributed by atoms with Crippen LogP contribution in [0.25, 0.3) is 0 Å². The maximum atomic E-state index is 5.92. The van der Waals surface area contributed by atoms with Gasteiger partial charge in [-0.05, 0) is 18.3 Å². The third-order valence-electron chi connectivity index (χ3n) is 1.64. The van der Waals surface area contributed by atoms with Gasteiger partial charge in [0.05, 0.1) is 0 Å². The van der Waals surface area contributed by atoms with Gasteiger partial charge >= 0.3 is 0 Å². The zero-order valence-corrected chi connectivity index (χ0v) is 9.38. The van der Waals surface area contributed by atoms with Crippen molar-refractivity contribution in [3.8, 4) is 0 Å². The Morgan fingerprint density at radius 1 is 1.36 bits per heavy atom. The average molecular weight is 195 g/mol. The molecule has 0 saturated carbocycles. The minimum absolute atomic E-state index is 0.265. The Bertz CT molecular complexity index is 96.2. The van der Waals surface area contributed by atoms with E-state index in [9.17, 15) is 0 Å². The summed E-state index contributed by atoms with van der Waals surface area (Å²) < 4.78 is 0. The monoisotopic (exact) mass is 194 g/mol. The standard InChI is InChI=1S/C9H19ClS/c1-9(2,3)6-4-5-8(10)7-11/h8,11H,4-7H2,1-3H3. The summed E-state index contributed by atoms with van der Waals surface area (Å²) in [5.74, 6) is 0.797. The molecule has 0 nitrogen and oxygen atoms in total. The second-order valence-electron chi connectivity index (χ2n) is 4.23. The molecule has 0 amide bonds. The maximum absolute atomic E-state index is 5.92. The van der Waals surface area contributed by atoms with Gasteiger partial charge in [0.2, 0.25) is 0 Å². The average Bonchev–Trinajstić information content (AvgIpc) is 1.85. The predicted octanol–water partition coefficient (Wildman–Crippen LogP) is 3.74. The number of rotatable bonds is 4. The molecule has 0 N–H and O–H groups in total. The van der Waals surface area contributed by atoms with Crippen LogP contribution in [-0.2, 0) is 0 Å². The maximum Gasteiger partial charge on any atom is 0.0424 e. The van der Waals surface area contributed by atoms with Crippen LogP contribution in [0.4, 0.5) is 0 Å². The van der Waals surface area contributed by atoms with Crippen molar-refractivity contribution in [2.24, 2.45) is 5.41 Å². The van der Waals surface area contributed by atoms with Crippen molar-refractivity contribution in [2.75, 3.05) is 5.75 Å². The summed E-state index contributed by atoms with van der Waals surface area (Å²) in [6.45, 7) is 6.78. The van der Waals surface area contributed by atoms with Crippen molar-refractivity contribution in [1.82, 2.24) is 0 Å². The normalized spacial score (nSPS) is 15.0. The Labute approximate surface area is 81.1 Å². The van der Waals surface area contributed by atoms with E-state index in [1.807, 2.05) is 0 Å². The Hall–Kier alpha value is 0.640. The highest BCUT2D eigenvalue weighted by Gasteiger charge is 2.10. The van der Waals surface area contributed by atoms with E-state index in [1.165, 1.54) is 12.8 Å². The van der Waals surface area contributed by atoms with Gasteiger partial charge in [0.1, 0.15) is 0 Å². The number of thiol groups is 1. The highest BCUT2D eigenvalue weighted by molar-refractivity contribution is 7.80. The molecular weight excluding hydrogens is 176 g/mol. The lowest BCUT2D eigenvalue weighted by atomic mass is 9.89. The molecule has 0 aromatic carbocycles. The first kappa shape index (κ1) is 11.6. The molecule has 2 heteroatoms. The van der Waals surface area contributed by atoms with Crippen LogP contribution in [0.3, 0.4) is 0 Å². The largest absolute Gasteiger partial charge is 0.178 e. The van der Waals surface area contributed by atoms with E-state index in [-0.39, 0.29) is 5.38 Å². The Kier molecular flexibility index (Phi) is 5.62. The summed E-state index contributed by atoms with van der Waals surface area (Å²) in [6, 6.07) is 0. The predicted molar refractivity (Wildman–Crippen MR) is 56.8 cm³/mol. The van der Waals surface area contributed by atoms with Gasteiger partial charge in [-0.15, -0.1) is 11.6 Å². The lowest BCUT2D eigenvalue weighted by Crippen LogP contribution is -2.07. The molecule has 0 saturated heterocycles. The summed E-state index contributed by atoms with van der Waals surface area (Å²) in [5.41, 5.74) is 0.452. The van der Waals surface area contributed by atoms with E-state index in [1.54, 1.807) is 0 Å². The Morgan fingerprint density at radius 2 is 1.91 bits per heavy atom. The summed E-state index contributed by atoms with van der Waals surface area (Å²) in [5, 5.41) is 0.265. The van der Waals surface area contributed by atoms with Crippen LogP contribution in [0, 0.1) is 5.41 Å². The van der Waals surface area contributed by atoms with Gasteiger partial charge in [-0.2, -0.15) is 12.6 Å². The summed E-state index contributed by atoms with van der Waals surface area (Å²) in [4.78, 5) is 0. The van der Waals surface area contributed by atoms with E-state index in [0.29, 0.717) is 5.41 Å². The SMILES string of the molecule is CC(C)(C)CCCC(Cl)CS. The molecule has 11 heavy (non-hydrogen) atoms. The van der Waals surface area contributed by atoms with Gasteiger partial charge in [0, 0.05) is 11.1 Å². The highest BCUT2D eigenvalue weighted by Crippen LogP contribution is 2.23. The molecule has 0 spiro atoms. The Morgan fingerprint density at radius 3 is 2.27 bits per heavy atom. The molecule has 1 atom stereocenters.